The second-order valence-electron chi connectivity index (χ2n) is 7.77. The van der Waals surface area contributed by atoms with Crippen molar-refractivity contribution >= 4 is 17.3 Å². The lowest BCUT2D eigenvalue weighted by molar-refractivity contribution is 0.214. The van der Waals surface area contributed by atoms with Crippen molar-refractivity contribution in [1.82, 2.24) is 19.8 Å². The predicted molar refractivity (Wildman–Crippen MR) is 131 cm³/mol. The average Bonchev–Trinajstić information content (AvgIpc) is 3.16. The van der Waals surface area contributed by atoms with Gasteiger partial charge < -0.3 is 9.57 Å². The Labute approximate surface area is 202 Å². The van der Waals surface area contributed by atoms with E-state index >= 15 is 0 Å². The normalized spacial score (nSPS) is 11.5. The number of aromatic nitrogens is 4. The number of aryl methyl sites for hydroxylation is 3. The third-order valence-corrected chi connectivity index (χ3v) is 5.71. The minimum Gasteiger partial charge on any atom is -0.489 e. The Morgan fingerprint density at radius 2 is 1.74 bits per heavy atom. The first-order valence-corrected chi connectivity index (χ1v) is 11.0. The maximum Gasteiger partial charge on any atom is 0.368 e. The first-order chi connectivity index (χ1) is 16.4. The standard InChI is InChI=1S/C25H24ClN5O3/c1-16-6-5-7-22(31-25(32)30(3)28-29-31)21(16)15-34-23-13-10-19(14-17(23)2)24(27-33-4)18-8-11-20(26)12-9-18/h5-14H,15H2,1-4H3. The van der Waals surface area contributed by atoms with Crippen LogP contribution in [-0.2, 0) is 18.5 Å². The monoisotopic (exact) mass is 477 g/mol. The smallest absolute Gasteiger partial charge is 0.368 e. The average molecular weight is 478 g/mol. The summed E-state index contributed by atoms with van der Waals surface area (Å²) >= 11 is 6.03. The van der Waals surface area contributed by atoms with Gasteiger partial charge in [0.15, 0.2) is 0 Å². The molecule has 1 aromatic heterocycles. The van der Waals surface area contributed by atoms with Crippen LogP contribution >= 0.6 is 11.6 Å². The van der Waals surface area contributed by atoms with Gasteiger partial charge in [-0.25, -0.2) is 4.79 Å². The van der Waals surface area contributed by atoms with Crippen LogP contribution in [0.1, 0.15) is 27.8 Å². The summed E-state index contributed by atoms with van der Waals surface area (Å²) in [4.78, 5) is 17.5. The fourth-order valence-corrected chi connectivity index (χ4v) is 3.74. The maximum absolute atomic E-state index is 12.4. The van der Waals surface area contributed by atoms with Crippen molar-refractivity contribution in [3.05, 3.63) is 104 Å². The molecule has 0 fully saturated rings. The molecule has 0 aliphatic carbocycles. The number of ether oxygens (including phenoxy) is 1. The molecular formula is C25H24ClN5O3. The van der Waals surface area contributed by atoms with E-state index in [0.29, 0.717) is 16.4 Å². The summed E-state index contributed by atoms with van der Waals surface area (Å²) in [7, 11) is 3.08. The van der Waals surface area contributed by atoms with Crippen LogP contribution in [0.3, 0.4) is 0 Å². The van der Waals surface area contributed by atoms with E-state index in [1.165, 1.54) is 16.5 Å². The molecule has 174 valence electrons. The molecule has 0 unspecified atom stereocenters. The van der Waals surface area contributed by atoms with Gasteiger partial charge in [0.05, 0.1) is 5.69 Å². The van der Waals surface area contributed by atoms with Crippen molar-refractivity contribution in [1.29, 1.82) is 0 Å². The topological polar surface area (TPSA) is 83.5 Å². The molecule has 0 radical (unpaired) electrons. The van der Waals surface area contributed by atoms with Gasteiger partial charge in [-0.15, -0.1) is 0 Å². The number of hydrogen-bond donors (Lipinski definition) is 0. The van der Waals surface area contributed by atoms with Crippen LogP contribution in [0.2, 0.25) is 5.02 Å². The van der Waals surface area contributed by atoms with E-state index in [2.05, 4.69) is 15.6 Å². The summed E-state index contributed by atoms with van der Waals surface area (Å²) in [5.74, 6) is 0.720. The Morgan fingerprint density at radius 3 is 2.38 bits per heavy atom. The van der Waals surface area contributed by atoms with Crippen LogP contribution in [0.15, 0.2) is 70.6 Å². The van der Waals surface area contributed by atoms with Crippen LogP contribution in [0, 0.1) is 13.8 Å². The van der Waals surface area contributed by atoms with Crippen molar-refractivity contribution in [2.75, 3.05) is 7.11 Å². The zero-order chi connectivity index (χ0) is 24.2. The summed E-state index contributed by atoms with van der Waals surface area (Å²) in [5.41, 5.74) is 5.57. The molecule has 0 N–H and O–H groups in total. The fourth-order valence-electron chi connectivity index (χ4n) is 3.62. The minimum atomic E-state index is -0.320. The lowest BCUT2D eigenvalue weighted by atomic mass is 10.0. The van der Waals surface area contributed by atoms with Gasteiger partial charge in [-0.1, -0.05) is 41.0 Å². The van der Waals surface area contributed by atoms with Crippen LogP contribution in [-0.4, -0.2) is 32.6 Å². The molecule has 3 aromatic carbocycles. The van der Waals surface area contributed by atoms with Gasteiger partial charge in [0, 0.05) is 28.8 Å². The van der Waals surface area contributed by atoms with Crippen LogP contribution in [0.5, 0.6) is 5.75 Å². The van der Waals surface area contributed by atoms with E-state index < -0.39 is 0 Å². The first-order valence-electron chi connectivity index (χ1n) is 10.6. The molecular weight excluding hydrogens is 454 g/mol. The highest BCUT2D eigenvalue weighted by Gasteiger charge is 2.15. The summed E-state index contributed by atoms with van der Waals surface area (Å²) < 4.78 is 8.64. The third kappa shape index (κ3) is 4.72. The summed E-state index contributed by atoms with van der Waals surface area (Å²) in [6.45, 7) is 4.21. The Bertz CT molecular complexity index is 1410. The van der Waals surface area contributed by atoms with Crippen LogP contribution in [0.25, 0.3) is 5.69 Å². The van der Waals surface area contributed by atoms with E-state index in [0.717, 1.165) is 33.6 Å². The highest BCUT2D eigenvalue weighted by atomic mass is 35.5. The molecule has 0 bridgehead atoms. The van der Waals surface area contributed by atoms with E-state index in [9.17, 15) is 4.79 Å². The number of rotatable bonds is 7. The number of nitrogens with zero attached hydrogens (tertiary/aromatic N) is 5. The molecule has 0 saturated carbocycles. The van der Waals surface area contributed by atoms with Crippen LogP contribution in [0.4, 0.5) is 0 Å². The predicted octanol–water partition coefficient (Wildman–Crippen LogP) is 4.21. The van der Waals surface area contributed by atoms with Gasteiger partial charge in [0.2, 0.25) is 0 Å². The van der Waals surface area contributed by atoms with Gasteiger partial charge in [0.25, 0.3) is 0 Å². The molecule has 0 aliphatic heterocycles. The number of oxime groups is 1. The number of tetrazole rings is 1. The maximum atomic E-state index is 12.4. The zero-order valence-corrected chi connectivity index (χ0v) is 20.1. The molecule has 0 amide bonds. The second kappa shape index (κ2) is 9.93. The number of halogens is 1. The Kier molecular flexibility index (Phi) is 6.79. The lowest BCUT2D eigenvalue weighted by Gasteiger charge is -2.15. The van der Waals surface area contributed by atoms with E-state index in [1.54, 1.807) is 7.05 Å². The lowest BCUT2D eigenvalue weighted by Crippen LogP contribution is -2.23. The minimum absolute atomic E-state index is 0.265. The van der Waals surface area contributed by atoms with Gasteiger partial charge in [-0.2, -0.15) is 9.36 Å². The van der Waals surface area contributed by atoms with Crippen molar-refractivity contribution in [2.24, 2.45) is 12.2 Å². The van der Waals surface area contributed by atoms with E-state index in [-0.39, 0.29) is 12.3 Å². The summed E-state index contributed by atoms with van der Waals surface area (Å²) in [5, 5.41) is 12.6. The van der Waals surface area contributed by atoms with Crippen molar-refractivity contribution in [3.8, 4) is 11.4 Å². The van der Waals surface area contributed by atoms with Gasteiger partial charge in [0.1, 0.15) is 25.2 Å². The van der Waals surface area contributed by atoms with E-state index in [4.69, 9.17) is 21.2 Å². The van der Waals surface area contributed by atoms with E-state index in [1.807, 2.05) is 74.5 Å². The molecule has 34 heavy (non-hydrogen) atoms. The van der Waals surface area contributed by atoms with Gasteiger partial charge >= 0.3 is 5.69 Å². The van der Waals surface area contributed by atoms with Crippen LogP contribution < -0.4 is 10.4 Å². The summed E-state index contributed by atoms with van der Waals surface area (Å²) in [6, 6.07) is 18.9. The van der Waals surface area contributed by atoms with Gasteiger partial charge in [-0.05, 0) is 71.8 Å². The molecule has 0 atom stereocenters. The molecule has 0 spiro atoms. The number of hydrogen-bond acceptors (Lipinski definition) is 6. The quantitative estimate of drug-likeness (QED) is 0.294. The molecule has 9 heteroatoms. The van der Waals surface area contributed by atoms with Crippen molar-refractivity contribution in [2.45, 2.75) is 20.5 Å². The molecule has 0 saturated heterocycles. The third-order valence-electron chi connectivity index (χ3n) is 5.46. The Balaban J connectivity index is 1.61. The van der Waals surface area contributed by atoms with Crippen molar-refractivity contribution in [3.63, 3.8) is 0 Å². The molecule has 1 heterocycles. The molecule has 0 aliphatic rings. The molecule has 4 rings (SSSR count). The summed E-state index contributed by atoms with van der Waals surface area (Å²) in [6.07, 6.45) is 0. The first kappa shape index (κ1) is 23.3. The highest BCUT2D eigenvalue weighted by molar-refractivity contribution is 6.30. The Hall–Kier alpha value is -3.91. The fraction of sp³-hybridized carbons (Fsp3) is 0.200. The SMILES string of the molecule is CON=C(c1ccc(Cl)cc1)c1ccc(OCc2c(C)cccc2-n2nnn(C)c2=O)c(C)c1. The van der Waals surface area contributed by atoms with Crippen molar-refractivity contribution < 1.29 is 9.57 Å². The highest BCUT2D eigenvalue weighted by Crippen LogP contribution is 2.25. The largest absolute Gasteiger partial charge is 0.489 e. The van der Waals surface area contributed by atoms with Gasteiger partial charge in [-0.3, -0.25) is 0 Å². The molecule has 4 aromatic rings. The molecule has 8 nitrogen and oxygen atoms in total. The Morgan fingerprint density at radius 1 is 1.00 bits per heavy atom. The second-order valence-corrected chi connectivity index (χ2v) is 8.20. The number of benzene rings is 3. The zero-order valence-electron chi connectivity index (χ0n) is 19.3.